The van der Waals surface area contributed by atoms with Gasteiger partial charge in [-0.1, -0.05) is 36.9 Å². The van der Waals surface area contributed by atoms with E-state index in [-0.39, 0.29) is 18.7 Å². The summed E-state index contributed by atoms with van der Waals surface area (Å²) in [5.74, 6) is 0. The van der Waals surface area contributed by atoms with Crippen LogP contribution < -0.4 is 5.32 Å². The maximum Gasteiger partial charge on any atom is 0.417 e. The number of nitrogens with one attached hydrogen (secondary N) is 1. The lowest BCUT2D eigenvalue weighted by molar-refractivity contribution is -0.233. The molecule has 1 saturated heterocycles. The lowest BCUT2D eigenvalue weighted by Gasteiger charge is -2.48. The van der Waals surface area contributed by atoms with Crippen LogP contribution in [0.5, 0.6) is 0 Å². The molecule has 5 heteroatoms. The quantitative estimate of drug-likeness (QED) is 0.874. The van der Waals surface area contributed by atoms with Crippen LogP contribution in [0, 0.1) is 0 Å². The average Bonchev–Trinajstić information content (AvgIpc) is 2.38. The summed E-state index contributed by atoms with van der Waals surface area (Å²) in [5.41, 5.74) is -1.78. The zero-order valence-electron chi connectivity index (χ0n) is 9.87. The normalized spacial score (nSPS) is 24.9. The molecule has 1 fully saturated rings. The SMILES string of the molecule is C=CN1CCNCC1(c1ccccc1)C(F)(F)F. The second-order valence-electron chi connectivity index (χ2n) is 4.28. The highest BCUT2D eigenvalue weighted by Gasteiger charge is 2.59. The fourth-order valence-electron chi connectivity index (χ4n) is 2.42. The summed E-state index contributed by atoms with van der Waals surface area (Å²) in [6.45, 7) is 4.17. The van der Waals surface area contributed by atoms with Crippen molar-refractivity contribution in [2.45, 2.75) is 11.7 Å². The van der Waals surface area contributed by atoms with Gasteiger partial charge in [-0.3, -0.25) is 0 Å². The molecule has 1 aliphatic rings. The van der Waals surface area contributed by atoms with E-state index in [0.717, 1.165) is 0 Å². The second-order valence-corrected chi connectivity index (χ2v) is 4.28. The zero-order valence-corrected chi connectivity index (χ0v) is 9.87. The van der Waals surface area contributed by atoms with Crippen LogP contribution in [0.2, 0.25) is 0 Å². The highest BCUT2D eigenvalue weighted by molar-refractivity contribution is 5.29. The van der Waals surface area contributed by atoms with Crippen LogP contribution in [0.15, 0.2) is 43.1 Å². The summed E-state index contributed by atoms with van der Waals surface area (Å²) in [6, 6.07) is 7.98. The smallest absolute Gasteiger partial charge is 0.358 e. The first-order valence-electron chi connectivity index (χ1n) is 5.74. The first-order valence-corrected chi connectivity index (χ1v) is 5.74. The molecule has 1 aliphatic heterocycles. The Morgan fingerprint density at radius 3 is 2.50 bits per heavy atom. The molecule has 1 unspecified atom stereocenters. The van der Waals surface area contributed by atoms with Crippen molar-refractivity contribution in [1.82, 2.24) is 10.2 Å². The van der Waals surface area contributed by atoms with Crippen LogP contribution >= 0.6 is 0 Å². The minimum absolute atomic E-state index is 0.160. The molecule has 98 valence electrons. The Labute approximate surface area is 104 Å². The highest BCUT2D eigenvalue weighted by atomic mass is 19.4. The van der Waals surface area contributed by atoms with Gasteiger partial charge >= 0.3 is 6.18 Å². The number of nitrogens with zero attached hydrogens (tertiary/aromatic N) is 1. The molecule has 0 spiro atoms. The van der Waals surface area contributed by atoms with Crippen molar-refractivity contribution in [3.63, 3.8) is 0 Å². The number of hydrogen-bond acceptors (Lipinski definition) is 2. The highest BCUT2D eigenvalue weighted by Crippen LogP contribution is 2.44. The summed E-state index contributed by atoms with van der Waals surface area (Å²) < 4.78 is 40.8. The van der Waals surface area contributed by atoms with E-state index >= 15 is 0 Å². The number of alkyl halides is 3. The summed E-state index contributed by atoms with van der Waals surface area (Å²) in [7, 11) is 0. The van der Waals surface area contributed by atoms with Gasteiger partial charge in [-0.2, -0.15) is 13.2 Å². The molecule has 18 heavy (non-hydrogen) atoms. The van der Waals surface area contributed by atoms with Crippen molar-refractivity contribution in [2.75, 3.05) is 19.6 Å². The monoisotopic (exact) mass is 256 g/mol. The molecular formula is C13H15F3N2. The van der Waals surface area contributed by atoms with Gasteiger partial charge in [0.1, 0.15) is 0 Å². The van der Waals surface area contributed by atoms with Crippen molar-refractivity contribution in [3.05, 3.63) is 48.7 Å². The standard InChI is InChI=1S/C13H15F3N2/c1-2-18-9-8-17-10-12(18,13(14,15)16)11-6-4-3-5-7-11/h2-7,17H,1,8-10H2. The molecule has 0 radical (unpaired) electrons. The maximum atomic E-state index is 13.6. The lowest BCUT2D eigenvalue weighted by atomic mass is 9.85. The summed E-state index contributed by atoms with van der Waals surface area (Å²) in [5, 5.41) is 2.84. The molecular weight excluding hydrogens is 241 g/mol. The third kappa shape index (κ3) is 1.88. The van der Waals surface area contributed by atoms with Crippen molar-refractivity contribution < 1.29 is 13.2 Å². The van der Waals surface area contributed by atoms with Crippen LogP contribution in [0.1, 0.15) is 5.56 Å². The van der Waals surface area contributed by atoms with E-state index < -0.39 is 11.7 Å². The molecule has 0 amide bonds. The summed E-state index contributed by atoms with van der Waals surface area (Å²) >= 11 is 0. The fraction of sp³-hybridized carbons (Fsp3) is 0.385. The van der Waals surface area contributed by atoms with Crippen molar-refractivity contribution in [1.29, 1.82) is 0 Å². The molecule has 0 saturated carbocycles. The fourth-order valence-corrected chi connectivity index (χ4v) is 2.42. The largest absolute Gasteiger partial charge is 0.417 e. The second kappa shape index (κ2) is 4.65. The molecule has 2 nitrogen and oxygen atoms in total. The zero-order chi connectivity index (χ0) is 13.2. The van der Waals surface area contributed by atoms with Gasteiger partial charge in [-0.25, -0.2) is 0 Å². The predicted octanol–water partition coefficient (Wildman–Crippen LogP) is 2.49. The maximum absolute atomic E-state index is 13.6. The van der Waals surface area contributed by atoms with Crippen molar-refractivity contribution in [2.24, 2.45) is 0 Å². The van der Waals surface area contributed by atoms with Crippen LogP contribution in [0.4, 0.5) is 13.2 Å². The Morgan fingerprint density at radius 1 is 1.28 bits per heavy atom. The first kappa shape index (κ1) is 13.0. The van der Waals surface area contributed by atoms with Gasteiger partial charge in [-0.05, 0) is 11.8 Å². The molecule has 1 aromatic carbocycles. The van der Waals surface area contributed by atoms with Crippen LogP contribution in [0.3, 0.4) is 0 Å². The van der Waals surface area contributed by atoms with E-state index in [1.807, 2.05) is 0 Å². The van der Waals surface area contributed by atoms with E-state index in [9.17, 15) is 13.2 Å². The number of rotatable bonds is 2. The van der Waals surface area contributed by atoms with Crippen molar-refractivity contribution >= 4 is 0 Å². The number of hydrogen-bond donors (Lipinski definition) is 1. The Morgan fingerprint density at radius 2 is 1.94 bits per heavy atom. The van der Waals surface area contributed by atoms with Gasteiger partial charge in [0.05, 0.1) is 0 Å². The molecule has 0 aromatic heterocycles. The molecule has 1 aromatic rings. The van der Waals surface area contributed by atoms with Gasteiger partial charge in [0.15, 0.2) is 5.54 Å². The van der Waals surface area contributed by atoms with Crippen LogP contribution in [-0.2, 0) is 5.54 Å². The lowest BCUT2D eigenvalue weighted by Crippen LogP contribution is -2.64. The molecule has 0 bridgehead atoms. The van der Waals surface area contributed by atoms with Crippen LogP contribution in [0.25, 0.3) is 0 Å². The van der Waals surface area contributed by atoms with E-state index in [1.54, 1.807) is 18.2 Å². The van der Waals surface area contributed by atoms with E-state index in [4.69, 9.17) is 0 Å². The third-order valence-electron chi connectivity index (χ3n) is 3.34. The predicted molar refractivity (Wildman–Crippen MR) is 63.9 cm³/mol. The minimum Gasteiger partial charge on any atom is -0.358 e. The molecule has 1 heterocycles. The molecule has 1 N–H and O–H groups in total. The van der Waals surface area contributed by atoms with Gasteiger partial charge < -0.3 is 10.2 Å². The Bertz CT molecular complexity index is 416. The van der Waals surface area contributed by atoms with E-state index in [2.05, 4.69) is 11.9 Å². The first-order chi connectivity index (χ1) is 8.52. The Balaban J connectivity index is 2.56. The topological polar surface area (TPSA) is 15.3 Å². The van der Waals surface area contributed by atoms with Crippen LogP contribution in [-0.4, -0.2) is 30.7 Å². The van der Waals surface area contributed by atoms with Gasteiger partial charge in [0.25, 0.3) is 0 Å². The Kier molecular flexibility index (Phi) is 3.34. The molecule has 1 atom stereocenters. The summed E-state index contributed by atoms with van der Waals surface area (Å²) in [4.78, 5) is 1.28. The number of benzene rings is 1. The number of halogens is 3. The van der Waals surface area contributed by atoms with Gasteiger partial charge in [-0.15, -0.1) is 0 Å². The van der Waals surface area contributed by atoms with E-state index in [0.29, 0.717) is 6.54 Å². The molecule has 2 rings (SSSR count). The minimum atomic E-state index is -4.37. The summed E-state index contributed by atoms with van der Waals surface area (Å²) in [6.07, 6.45) is -3.09. The average molecular weight is 256 g/mol. The molecule has 0 aliphatic carbocycles. The number of piperazine rings is 1. The third-order valence-corrected chi connectivity index (χ3v) is 3.34. The van der Waals surface area contributed by atoms with Gasteiger partial charge in [0, 0.05) is 19.6 Å². The van der Waals surface area contributed by atoms with E-state index in [1.165, 1.54) is 23.2 Å². The van der Waals surface area contributed by atoms with Crippen molar-refractivity contribution in [3.8, 4) is 0 Å². The Hall–Kier alpha value is -1.49. The van der Waals surface area contributed by atoms with Gasteiger partial charge in [0.2, 0.25) is 0 Å².